The van der Waals surface area contributed by atoms with Crippen LogP contribution in [0.5, 0.6) is 0 Å². The quantitative estimate of drug-likeness (QED) is 0.0172. The maximum absolute atomic E-state index is 13.1. The van der Waals surface area contributed by atoms with Crippen LogP contribution in [0.15, 0.2) is 60.8 Å². The minimum Gasteiger partial charge on any atom is -0.457 e. The van der Waals surface area contributed by atoms with Crippen molar-refractivity contribution in [1.82, 2.24) is 0 Å². The molecule has 0 amide bonds. The topological polar surface area (TPSA) is 214 Å². The Hall–Kier alpha value is -2.31. The standard InChI is InChI=1S/C61H108O14/c1-3-5-7-9-11-13-15-17-19-21-23-24-25-27-29-31-33-35-37-39-41-43-45-70-47-50(73-53(63)44-42-40-38-36-34-32-30-28-26-22-20-18-16-14-12-10-8-6-4-2)48-71-60-59(69)57(67)55(65)52(75-60)49-72-61-58(68)56(66)54(64)51(46-62)74-61/h12,14-15,17-18,20-21,23,25,27,50-52,54-62,64-69H,3-11,13,16,19,22,24,26,28-49H2,1-2H3/b14-12-,17-15-,20-18-,23-21-,27-25-. The van der Waals surface area contributed by atoms with Crippen molar-refractivity contribution in [2.45, 2.75) is 287 Å². The van der Waals surface area contributed by atoms with E-state index in [0.29, 0.717) is 13.0 Å². The number of allylic oxidation sites excluding steroid dienone is 10. The Morgan fingerprint density at radius 3 is 1.32 bits per heavy atom. The summed E-state index contributed by atoms with van der Waals surface area (Å²) >= 11 is 0. The average molecular weight is 1070 g/mol. The largest absolute Gasteiger partial charge is 0.457 e. The lowest BCUT2D eigenvalue weighted by Gasteiger charge is -2.42. The van der Waals surface area contributed by atoms with Crippen molar-refractivity contribution in [3.8, 4) is 0 Å². The molecule has 75 heavy (non-hydrogen) atoms. The molecule has 11 unspecified atom stereocenters. The van der Waals surface area contributed by atoms with Gasteiger partial charge in [0.1, 0.15) is 54.9 Å². The van der Waals surface area contributed by atoms with E-state index in [1.807, 2.05) is 0 Å². The molecular weight excluding hydrogens is 957 g/mol. The number of carbonyl (C=O) groups excluding carboxylic acids is 1. The molecule has 0 aromatic heterocycles. The molecule has 0 radical (unpaired) electrons. The lowest BCUT2D eigenvalue weighted by Crippen LogP contribution is -2.61. The molecule has 0 aromatic rings. The number of hydrogen-bond donors (Lipinski definition) is 7. The highest BCUT2D eigenvalue weighted by atomic mass is 16.7. The number of aliphatic hydroxyl groups excluding tert-OH is 7. The van der Waals surface area contributed by atoms with Crippen LogP contribution >= 0.6 is 0 Å². The van der Waals surface area contributed by atoms with E-state index in [4.69, 9.17) is 28.4 Å². The number of unbranched alkanes of at least 4 members (excludes halogenated alkanes) is 24. The summed E-state index contributed by atoms with van der Waals surface area (Å²) < 4.78 is 34.4. The Labute approximate surface area is 454 Å². The van der Waals surface area contributed by atoms with Crippen molar-refractivity contribution in [3.63, 3.8) is 0 Å². The molecule has 0 spiro atoms. The van der Waals surface area contributed by atoms with Crippen molar-refractivity contribution in [2.24, 2.45) is 0 Å². The van der Waals surface area contributed by atoms with Crippen LogP contribution in [0.2, 0.25) is 0 Å². The Bertz CT molecular complexity index is 1470. The van der Waals surface area contributed by atoms with E-state index in [1.165, 1.54) is 122 Å². The van der Waals surface area contributed by atoms with Gasteiger partial charge in [0.05, 0.1) is 26.4 Å². The van der Waals surface area contributed by atoms with Crippen molar-refractivity contribution in [1.29, 1.82) is 0 Å². The first-order chi connectivity index (χ1) is 36.6. The van der Waals surface area contributed by atoms with E-state index in [9.17, 15) is 40.5 Å². The van der Waals surface area contributed by atoms with E-state index in [0.717, 1.165) is 70.6 Å². The summed E-state index contributed by atoms with van der Waals surface area (Å²) in [5, 5.41) is 72.4. The van der Waals surface area contributed by atoms with Crippen LogP contribution in [0.1, 0.15) is 219 Å². The fourth-order valence-corrected chi connectivity index (χ4v) is 9.15. The molecule has 2 saturated heterocycles. The zero-order valence-corrected chi connectivity index (χ0v) is 46.8. The van der Waals surface area contributed by atoms with Gasteiger partial charge in [-0.15, -0.1) is 0 Å². The van der Waals surface area contributed by atoms with Crippen LogP contribution in [0.25, 0.3) is 0 Å². The maximum atomic E-state index is 13.1. The average Bonchev–Trinajstić information content (AvgIpc) is 3.41. The third-order valence-corrected chi connectivity index (χ3v) is 14.0. The first-order valence-electron chi connectivity index (χ1n) is 29.9. The van der Waals surface area contributed by atoms with Crippen molar-refractivity contribution in [3.05, 3.63) is 60.8 Å². The van der Waals surface area contributed by atoms with E-state index < -0.39 is 80.7 Å². The number of aliphatic hydroxyl groups is 7. The van der Waals surface area contributed by atoms with Crippen LogP contribution in [0.3, 0.4) is 0 Å². The normalized spacial score (nSPS) is 25.0. The minimum atomic E-state index is -1.71. The summed E-state index contributed by atoms with van der Waals surface area (Å²) in [5.74, 6) is -0.384. The summed E-state index contributed by atoms with van der Waals surface area (Å²) in [6, 6.07) is 0. The Balaban J connectivity index is 1.72. The highest BCUT2D eigenvalue weighted by Gasteiger charge is 2.47. The van der Waals surface area contributed by atoms with E-state index >= 15 is 0 Å². The smallest absolute Gasteiger partial charge is 0.306 e. The lowest BCUT2D eigenvalue weighted by molar-refractivity contribution is -0.332. The van der Waals surface area contributed by atoms with Crippen LogP contribution in [0.4, 0.5) is 0 Å². The number of carbonyl (C=O) groups is 1. The van der Waals surface area contributed by atoms with Gasteiger partial charge in [-0.25, -0.2) is 0 Å². The fourth-order valence-electron chi connectivity index (χ4n) is 9.15. The number of rotatable bonds is 48. The zero-order chi connectivity index (χ0) is 54.4. The summed E-state index contributed by atoms with van der Waals surface area (Å²) in [6.45, 7) is 3.64. The number of hydrogen-bond acceptors (Lipinski definition) is 14. The zero-order valence-electron chi connectivity index (χ0n) is 46.8. The molecule has 7 N–H and O–H groups in total. The first kappa shape index (κ1) is 68.8. The van der Waals surface area contributed by atoms with Gasteiger partial charge < -0.3 is 64.2 Å². The molecule has 2 aliphatic rings. The van der Waals surface area contributed by atoms with Crippen LogP contribution in [0, 0.1) is 0 Å². The predicted octanol–water partition coefficient (Wildman–Crippen LogP) is 10.9. The third kappa shape index (κ3) is 34.3. The van der Waals surface area contributed by atoms with E-state index in [-0.39, 0.29) is 25.6 Å². The first-order valence-corrected chi connectivity index (χ1v) is 29.9. The van der Waals surface area contributed by atoms with Gasteiger partial charge in [-0.1, -0.05) is 190 Å². The Morgan fingerprint density at radius 2 is 0.827 bits per heavy atom. The molecule has 2 rings (SSSR count). The van der Waals surface area contributed by atoms with E-state index in [1.54, 1.807) is 0 Å². The van der Waals surface area contributed by atoms with Gasteiger partial charge in [0.25, 0.3) is 0 Å². The van der Waals surface area contributed by atoms with Gasteiger partial charge in [0, 0.05) is 13.0 Å². The van der Waals surface area contributed by atoms with Crippen LogP contribution < -0.4 is 0 Å². The second-order valence-electron chi connectivity index (χ2n) is 20.8. The second-order valence-corrected chi connectivity index (χ2v) is 20.8. The van der Waals surface area contributed by atoms with Crippen LogP contribution in [-0.4, -0.2) is 142 Å². The Kier molecular flexibility index (Phi) is 43.7. The van der Waals surface area contributed by atoms with Crippen LogP contribution in [-0.2, 0) is 33.2 Å². The molecule has 14 heteroatoms. The molecule has 0 bridgehead atoms. The summed E-state index contributed by atoms with van der Waals surface area (Å²) in [7, 11) is 0. The van der Waals surface area contributed by atoms with Gasteiger partial charge in [-0.3, -0.25) is 4.79 Å². The monoisotopic (exact) mass is 1060 g/mol. The van der Waals surface area contributed by atoms with Gasteiger partial charge in [-0.05, 0) is 83.5 Å². The highest BCUT2D eigenvalue weighted by molar-refractivity contribution is 5.69. The molecule has 14 nitrogen and oxygen atoms in total. The van der Waals surface area contributed by atoms with Gasteiger partial charge in [-0.2, -0.15) is 0 Å². The van der Waals surface area contributed by atoms with Crippen molar-refractivity contribution >= 4 is 5.97 Å². The highest BCUT2D eigenvalue weighted by Crippen LogP contribution is 2.27. The second kappa shape index (κ2) is 47.7. The molecular formula is C61H108O14. The minimum absolute atomic E-state index is 0.0514. The molecule has 0 saturated carbocycles. The molecule has 11 atom stereocenters. The summed E-state index contributed by atoms with van der Waals surface area (Å²) in [5.41, 5.74) is 0. The number of ether oxygens (including phenoxy) is 6. The van der Waals surface area contributed by atoms with Crippen molar-refractivity contribution < 1.29 is 69.0 Å². The van der Waals surface area contributed by atoms with Gasteiger partial charge >= 0.3 is 5.97 Å². The third-order valence-electron chi connectivity index (χ3n) is 14.0. The SMILES string of the molecule is CCCCC/C=C\C/C=C\CCCCCCCCCCCC(=O)OC(COCCCCCCCCC/C=C\C/C=C\C/C=C\CCCCCCC)COC1OC(COC2OC(CO)C(O)C(O)C2O)C(O)C(O)C1O. The number of esters is 1. The predicted molar refractivity (Wildman–Crippen MR) is 298 cm³/mol. The molecule has 0 aliphatic carbocycles. The molecule has 2 fully saturated rings. The lowest BCUT2D eigenvalue weighted by atomic mass is 9.98. The molecule has 0 aromatic carbocycles. The molecule has 2 heterocycles. The molecule has 2 aliphatic heterocycles. The summed E-state index contributed by atoms with van der Waals surface area (Å²) in [4.78, 5) is 13.1. The summed E-state index contributed by atoms with van der Waals surface area (Å²) in [6.07, 6.45) is 42.7. The van der Waals surface area contributed by atoms with Gasteiger partial charge in [0.15, 0.2) is 12.6 Å². The maximum Gasteiger partial charge on any atom is 0.306 e. The van der Waals surface area contributed by atoms with Gasteiger partial charge in [0.2, 0.25) is 0 Å². The molecule has 436 valence electrons. The fraction of sp³-hybridized carbons (Fsp3) is 0.820. The van der Waals surface area contributed by atoms with Crippen molar-refractivity contribution in [2.75, 3.05) is 33.0 Å². The Morgan fingerprint density at radius 1 is 0.440 bits per heavy atom. The van der Waals surface area contributed by atoms with E-state index in [2.05, 4.69) is 74.6 Å².